The van der Waals surface area contributed by atoms with Crippen molar-refractivity contribution in [1.29, 1.82) is 0 Å². The van der Waals surface area contributed by atoms with Crippen LogP contribution >= 0.6 is 38.9 Å². The summed E-state index contributed by atoms with van der Waals surface area (Å²) in [5.74, 6) is -1.61. The molecule has 1 amide bonds. The van der Waals surface area contributed by atoms with Gasteiger partial charge in [-0.25, -0.2) is 4.79 Å². The summed E-state index contributed by atoms with van der Waals surface area (Å²) in [7, 11) is 1.62. The largest absolute Gasteiger partial charge is 0.478 e. The summed E-state index contributed by atoms with van der Waals surface area (Å²) in [5, 5.41) is 17.1. The van der Waals surface area contributed by atoms with Crippen LogP contribution in [0.5, 0.6) is 0 Å². The maximum absolute atomic E-state index is 12.7. The zero-order valence-corrected chi connectivity index (χ0v) is 19.4. The predicted molar refractivity (Wildman–Crippen MR) is 119 cm³/mol. The highest BCUT2D eigenvalue weighted by atomic mass is 79.9. The molecule has 2 N–H and O–H groups in total. The van der Waals surface area contributed by atoms with Gasteiger partial charge in [-0.05, 0) is 23.1 Å². The van der Waals surface area contributed by atoms with Crippen molar-refractivity contribution < 1.29 is 14.7 Å². The first-order valence-electron chi connectivity index (χ1n) is 8.66. The molecule has 0 saturated carbocycles. The van der Waals surface area contributed by atoms with E-state index in [0.717, 1.165) is 14.9 Å². The van der Waals surface area contributed by atoms with Crippen molar-refractivity contribution >= 4 is 55.7 Å². The Kier molecular flexibility index (Phi) is 5.89. The van der Waals surface area contributed by atoms with Gasteiger partial charge in [0, 0.05) is 22.0 Å². The molecule has 2 heterocycles. The number of hydrogen-bond acceptors (Lipinski definition) is 4. The van der Waals surface area contributed by atoms with E-state index in [9.17, 15) is 14.7 Å². The van der Waals surface area contributed by atoms with E-state index in [4.69, 9.17) is 11.6 Å². The Morgan fingerprint density at radius 2 is 1.86 bits per heavy atom. The molecule has 3 rings (SSSR count). The van der Waals surface area contributed by atoms with Crippen LogP contribution in [-0.4, -0.2) is 26.8 Å². The van der Waals surface area contributed by atoms with Crippen LogP contribution in [0.25, 0.3) is 11.1 Å². The Bertz CT molecular complexity index is 1100. The van der Waals surface area contributed by atoms with Gasteiger partial charge >= 0.3 is 5.97 Å². The fourth-order valence-electron chi connectivity index (χ4n) is 2.89. The van der Waals surface area contributed by atoms with Crippen LogP contribution in [-0.2, 0) is 12.5 Å². The smallest absolute Gasteiger partial charge is 0.339 e. The monoisotopic (exact) mass is 495 g/mol. The third-order valence-electron chi connectivity index (χ3n) is 4.27. The van der Waals surface area contributed by atoms with E-state index in [0.29, 0.717) is 5.56 Å². The number of carboxylic acids is 1. The molecule has 0 spiro atoms. The number of carboxylic acid groups (broad SMARTS) is 1. The van der Waals surface area contributed by atoms with Crippen molar-refractivity contribution in [3.8, 4) is 11.1 Å². The average molecular weight is 497 g/mol. The number of carbonyl (C=O) groups is 2. The van der Waals surface area contributed by atoms with Gasteiger partial charge in [0.1, 0.15) is 15.7 Å². The zero-order chi connectivity index (χ0) is 21.5. The molecule has 0 bridgehead atoms. The lowest BCUT2D eigenvalue weighted by Gasteiger charge is -2.19. The first-order chi connectivity index (χ1) is 13.5. The molecule has 1 aromatic carbocycles. The van der Waals surface area contributed by atoms with E-state index in [-0.39, 0.29) is 26.7 Å². The molecule has 152 valence electrons. The SMILES string of the molecule is Cn1ncc(C(=O)Nc2sc(C(C)(C)C)c(-c3ccc(Br)cc3)c2C(=O)O)c1Cl. The van der Waals surface area contributed by atoms with Gasteiger partial charge in [-0.1, -0.05) is 60.4 Å². The van der Waals surface area contributed by atoms with Crippen molar-refractivity contribution in [2.45, 2.75) is 26.2 Å². The first-order valence-corrected chi connectivity index (χ1v) is 10.6. The molecule has 0 aliphatic carbocycles. The lowest BCUT2D eigenvalue weighted by molar-refractivity contribution is 0.0699. The highest BCUT2D eigenvalue weighted by Gasteiger charge is 2.31. The van der Waals surface area contributed by atoms with Crippen LogP contribution in [0.1, 0.15) is 46.4 Å². The van der Waals surface area contributed by atoms with Gasteiger partial charge in [0.2, 0.25) is 0 Å². The molecule has 2 aromatic heterocycles. The van der Waals surface area contributed by atoms with Crippen LogP contribution in [0.3, 0.4) is 0 Å². The molecule has 0 radical (unpaired) electrons. The van der Waals surface area contributed by atoms with E-state index in [1.165, 1.54) is 22.2 Å². The van der Waals surface area contributed by atoms with Crippen molar-refractivity contribution in [3.63, 3.8) is 0 Å². The lowest BCUT2D eigenvalue weighted by atomic mass is 9.87. The zero-order valence-electron chi connectivity index (χ0n) is 16.2. The standard InChI is InChI=1S/C20H19BrClN3O3S/c1-20(2,3)15-13(10-5-7-11(21)8-6-10)14(19(27)28)18(29-15)24-17(26)12-9-23-25(4)16(12)22/h5-9H,1-4H3,(H,24,26)(H,27,28). The molecule has 0 fully saturated rings. The van der Waals surface area contributed by atoms with Crippen LogP contribution in [0.2, 0.25) is 5.15 Å². The Balaban J connectivity index is 2.17. The number of carbonyl (C=O) groups excluding carboxylic acids is 1. The number of aromatic nitrogens is 2. The molecule has 6 nitrogen and oxygen atoms in total. The number of rotatable bonds is 4. The van der Waals surface area contributed by atoms with Crippen molar-refractivity contribution in [1.82, 2.24) is 9.78 Å². The molecule has 3 aromatic rings. The third kappa shape index (κ3) is 4.24. The van der Waals surface area contributed by atoms with Crippen LogP contribution in [0, 0.1) is 0 Å². The minimum Gasteiger partial charge on any atom is -0.478 e. The highest BCUT2D eigenvalue weighted by Crippen LogP contribution is 2.46. The summed E-state index contributed by atoms with van der Waals surface area (Å²) in [6.07, 6.45) is 1.35. The number of aryl methyl sites for hydroxylation is 1. The lowest BCUT2D eigenvalue weighted by Crippen LogP contribution is -2.13. The number of nitrogens with zero attached hydrogens (tertiary/aromatic N) is 2. The summed E-state index contributed by atoms with van der Waals surface area (Å²) in [4.78, 5) is 25.8. The number of benzene rings is 1. The second kappa shape index (κ2) is 7.93. The Labute approximate surface area is 185 Å². The quantitative estimate of drug-likeness (QED) is 0.477. The van der Waals surface area contributed by atoms with E-state index in [1.54, 1.807) is 7.05 Å². The molecular formula is C20H19BrClN3O3S. The summed E-state index contributed by atoms with van der Waals surface area (Å²) >= 11 is 10.8. The molecule has 9 heteroatoms. The summed E-state index contributed by atoms with van der Waals surface area (Å²) in [5.41, 5.74) is 1.30. The Morgan fingerprint density at radius 1 is 1.24 bits per heavy atom. The molecule has 0 unspecified atom stereocenters. The van der Waals surface area contributed by atoms with Crippen molar-refractivity contribution in [3.05, 3.63) is 56.1 Å². The van der Waals surface area contributed by atoms with Crippen LogP contribution < -0.4 is 5.32 Å². The first kappa shape index (κ1) is 21.5. The number of nitrogens with one attached hydrogen (secondary N) is 1. The van der Waals surface area contributed by atoms with E-state index >= 15 is 0 Å². The van der Waals surface area contributed by atoms with Gasteiger partial charge in [0.15, 0.2) is 0 Å². The fraction of sp³-hybridized carbons (Fsp3) is 0.250. The van der Waals surface area contributed by atoms with E-state index in [1.807, 2.05) is 45.0 Å². The minimum atomic E-state index is -1.11. The maximum atomic E-state index is 12.7. The summed E-state index contributed by atoms with van der Waals surface area (Å²) < 4.78 is 2.27. The van der Waals surface area contributed by atoms with Gasteiger partial charge in [-0.3, -0.25) is 9.48 Å². The number of amides is 1. The van der Waals surface area contributed by atoms with Gasteiger partial charge < -0.3 is 10.4 Å². The highest BCUT2D eigenvalue weighted by molar-refractivity contribution is 9.10. The molecule has 0 atom stereocenters. The topological polar surface area (TPSA) is 84.2 Å². The van der Waals surface area contributed by atoms with Gasteiger partial charge in [-0.15, -0.1) is 11.3 Å². The van der Waals surface area contributed by atoms with Gasteiger partial charge in [0.25, 0.3) is 5.91 Å². The Hall–Kier alpha value is -2.16. The Morgan fingerprint density at radius 3 is 2.34 bits per heavy atom. The molecule has 29 heavy (non-hydrogen) atoms. The summed E-state index contributed by atoms with van der Waals surface area (Å²) in [6.45, 7) is 6.03. The molecule has 0 aliphatic heterocycles. The van der Waals surface area contributed by atoms with Crippen LogP contribution in [0.15, 0.2) is 34.9 Å². The van der Waals surface area contributed by atoms with Gasteiger partial charge in [-0.2, -0.15) is 5.10 Å². The average Bonchev–Trinajstić information content (AvgIpc) is 3.16. The van der Waals surface area contributed by atoms with E-state index < -0.39 is 11.9 Å². The third-order valence-corrected chi connectivity index (χ3v) is 6.78. The maximum Gasteiger partial charge on any atom is 0.339 e. The van der Waals surface area contributed by atoms with Crippen LogP contribution in [0.4, 0.5) is 5.00 Å². The molecule has 0 saturated heterocycles. The second-order valence-corrected chi connectivity index (χ2v) is 9.79. The fourth-order valence-corrected chi connectivity index (χ4v) is 4.60. The van der Waals surface area contributed by atoms with Crippen molar-refractivity contribution in [2.75, 3.05) is 5.32 Å². The molecular weight excluding hydrogens is 478 g/mol. The predicted octanol–water partition coefficient (Wildman–Crippen LogP) is 5.81. The number of aromatic carboxylic acids is 1. The number of anilines is 1. The normalized spacial score (nSPS) is 11.5. The summed E-state index contributed by atoms with van der Waals surface area (Å²) in [6, 6.07) is 7.44. The van der Waals surface area contributed by atoms with Crippen molar-refractivity contribution in [2.24, 2.45) is 7.05 Å². The van der Waals surface area contributed by atoms with Gasteiger partial charge in [0.05, 0.1) is 11.8 Å². The number of thiophene rings is 1. The number of hydrogen-bond donors (Lipinski definition) is 2. The second-order valence-electron chi connectivity index (χ2n) is 7.50. The molecule has 0 aliphatic rings. The van der Waals surface area contributed by atoms with E-state index in [2.05, 4.69) is 26.3 Å². The number of halogens is 2. The minimum absolute atomic E-state index is 0.0654.